The van der Waals surface area contributed by atoms with Crippen molar-refractivity contribution in [2.75, 3.05) is 13.6 Å². The van der Waals surface area contributed by atoms with Crippen LogP contribution in [0, 0.1) is 13.8 Å². The van der Waals surface area contributed by atoms with E-state index in [0.29, 0.717) is 6.54 Å². The number of hydrogen-bond acceptors (Lipinski definition) is 2. The molecule has 1 atom stereocenters. The fourth-order valence-corrected chi connectivity index (χ4v) is 1.57. The molecule has 0 spiro atoms. The molecule has 1 aromatic rings. The maximum atomic E-state index is 11.4. The van der Waals surface area contributed by atoms with Crippen LogP contribution in [-0.2, 0) is 4.79 Å². The minimum Gasteiger partial charge on any atom is -0.348 e. The third-order valence-corrected chi connectivity index (χ3v) is 2.75. The topological polar surface area (TPSA) is 41.1 Å². The molecule has 0 bridgehead atoms. The molecule has 96 valence electrons. The smallest absolute Gasteiger partial charge is 0.234 e. The zero-order chi connectivity index (χ0) is 12.1. The van der Waals surface area contributed by atoms with Crippen LogP contribution in [-0.4, -0.2) is 19.5 Å². The SMILES string of the molecule is CNCC(=O)NC(C)c1ccc(C)c(C)c1.Cl. The van der Waals surface area contributed by atoms with Gasteiger partial charge >= 0.3 is 0 Å². The number of carbonyl (C=O) groups is 1. The lowest BCUT2D eigenvalue weighted by molar-refractivity contribution is -0.120. The van der Waals surface area contributed by atoms with E-state index in [1.165, 1.54) is 11.1 Å². The van der Waals surface area contributed by atoms with Crippen molar-refractivity contribution in [3.63, 3.8) is 0 Å². The van der Waals surface area contributed by atoms with Gasteiger partial charge in [-0.15, -0.1) is 12.4 Å². The van der Waals surface area contributed by atoms with Gasteiger partial charge in [-0.2, -0.15) is 0 Å². The molecule has 0 aromatic heterocycles. The molecule has 1 amide bonds. The zero-order valence-corrected chi connectivity index (χ0v) is 11.6. The normalized spacial score (nSPS) is 11.5. The summed E-state index contributed by atoms with van der Waals surface area (Å²) in [6, 6.07) is 6.33. The number of amides is 1. The predicted octanol–water partition coefficient (Wildman–Crippen LogP) is 2.12. The van der Waals surface area contributed by atoms with Gasteiger partial charge in [0, 0.05) is 0 Å². The molecular weight excluding hydrogens is 236 g/mol. The van der Waals surface area contributed by atoms with E-state index < -0.39 is 0 Å². The van der Waals surface area contributed by atoms with Crippen molar-refractivity contribution in [3.05, 3.63) is 34.9 Å². The first-order chi connectivity index (χ1) is 7.54. The number of likely N-dealkylation sites (N-methyl/N-ethyl adjacent to an activating group) is 1. The minimum atomic E-state index is 0. The Labute approximate surface area is 109 Å². The van der Waals surface area contributed by atoms with E-state index >= 15 is 0 Å². The molecule has 17 heavy (non-hydrogen) atoms. The Hall–Kier alpha value is -1.06. The van der Waals surface area contributed by atoms with Crippen LogP contribution >= 0.6 is 12.4 Å². The summed E-state index contributed by atoms with van der Waals surface area (Å²) < 4.78 is 0. The number of benzene rings is 1. The Morgan fingerprint density at radius 2 is 1.94 bits per heavy atom. The van der Waals surface area contributed by atoms with Crippen molar-refractivity contribution < 1.29 is 4.79 Å². The quantitative estimate of drug-likeness (QED) is 0.867. The van der Waals surface area contributed by atoms with E-state index in [-0.39, 0.29) is 24.4 Å². The number of nitrogens with one attached hydrogen (secondary N) is 2. The Morgan fingerprint density at radius 3 is 2.47 bits per heavy atom. The summed E-state index contributed by atoms with van der Waals surface area (Å²) in [5.41, 5.74) is 3.68. The summed E-state index contributed by atoms with van der Waals surface area (Å²) in [5.74, 6) is 0.0215. The highest BCUT2D eigenvalue weighted by Gasteiger charge is 2.09. The van der Waals surface area contributed by atoms with Crippen molar-refractivity contribution in [1.82, 2.24) is 10.6 Å². The predicted molar refractivity (Wildman–Crippen MR) is 73.6 cm³/mol. The average molecular weight is 257 g/mol. The number of aryl methyl sites for hydroxylation is 2. The molecule has 4 heteroatoms. The van der Waals surface area contributed by atoms with Crippen LogP contribution in [0.2, 0.25) is 0 Å². The fraction of sp³-hybridized carbons (Fsp3) is 0.462. The second-order valence-electron chi connectivity index (χ2n) is 4.16. The van der Waals surface area contributed by atoms with Gasteiger partial charge in [-0.1, -0.05) is 18.2 Å². The lowest BCUT2D eigenvalue weighted by Gasteiger charge is -2.15. The van der Waals surface area contributed by atoms with Gasteiger partial charge < -0.3 is 10.6 Å². The summed E-state index contributed by atoms with van der Waals surface area (Å²) >= 11 is 0. The first-order valence-electron chi connectivity index (χ1n) is 5.55. The number of carbonyl (C=O) groups excluding carboxylic acids is 1. The summed E-state index contributed by atoms with van der Waals surface area (Å²) in [7, 11) is 1.76. The van der Waals surface area contributed by atoms with Crippen LogP contribution in [0.25, 0.3) is 0 Å². The number of rotatable bonds is 4. The van der Waals surface area contributed by atoms with Crippen LogP contribution in [0.4, 0.5) is 0 Å². The van der Waals surface area contributed by atoms with Gasteiger partial charge in [-0.25, -0.2) is 0 Å². The van der Waals surface area contributed by atoms with Gasteiger partial charge in [0.25, 0.3) is 0 Å². The maximum absolute atomic E-state index is 11.4. The minimum absolute atomic E-state index is 0. The van der Waals surface area contributed by atoms with E-state index in [0.717, 1.165) is 5.56 Å². The maximum Gasteiger partial charge on any atom is 0.234 e. The molecule has 0 fully saturated rings. The van der Waals surface area contributed by atoms with Crippen molar-refractivity contribution in [3.8, 4) is 0 Å². The summed E-state index contributed by atoms with van der Waals surface area (Å²) in [6.07, 6.45) is 0. The molecule has 0 aliphatic heterocycles. The molecule has 1 aromatic carbocycles. The van der Waals surface area contributed by atoms with Crippen LogP contribution in [0.5, 0.6) is 0 Å². The van der Waals surface area contributed by atoms with Gasteiger partial charge in [0.05, 0.1) is 12.6 Å². The van der Waals surface area contributed by atoms with Gasteiger partial charge in [-0.3, -0.25) is 4.79 Å². The second-order valence-corrected chi connectivity index (χ2v) is 4.16. The third kappa shape index (κ3) is 4.75. The van der Waals surface area contributed by atoms with Crippen LogP contribution in [0.15, 0.2) is 18.2 Å². The van der Waals surface area contributed by atoms with Crippen LogP contribution in [0.3, 0.4) is 0 Å². The Kier molecular flexibility index (Phi) is 6.85. The Bertz CT molecular complexity index is 380. The summed E-state index contributed by atoms with van der Waals surface area (Å²) in [5, 5.41) is 5.78. The van der Waals surface area contributed by atoms with Crippen LogP contribution in [0.1, 0.15) is 29.7 Å². The monoisotopic (exact) mass is 256 g/mol. The van der Waals surface area contributed by atoms with Gasteiger partial charge in [0.15, 0.2) is 0 Å². The van der Waals surface area contributed by atoms with Gasteiger partial charge in [0.2, 0.25) is 5.91 Å². The lowest BCUT2D eigenvalue weighted by atomic mass is 10.0. The van der Waals surface area contributed by atoms with E-state index in [2.05, 4.69) is 42.7 Å². The van der Waals surface area contributed by atoms with Crippen molar-refractivity contribution in [1.29, 1.82) is 0 Å². The fourth-order valence-electron chi connectivity index (χ4n) is 1.57. The van der Waals surface area contributed by atoms with E-state index in [4.69, 9.17) is 0 Å². The average Bonchev–Trinajstić information content (AvgIpc) is 2.22. The van der Waals surface area contributed by atoms with Crippen molar-refractivity contribution in [2.45, 2.75) is 26.8 Å². The molecule has 3 nitrogen and oxygen atoms in total. The molecule has 0 saturated carbocycles. The molecule has 0 saturated heterocycles. The van der Waals surface area contributed by atoms with E-state index in [1.807, 2.05) is 6.92 Å². The highest BCUT2D eigenvalue weighted by molar-refractivity contribution is 5.85. The van der Waals surface area contributed by atoms with Gasteiger partial charge in [-0.05, 0) is 44.5 Å². The second kappa shape index (κ2) is 7.30. The first-order valence-corrected chi connectivity index (χ1v) is 5.55. The van der Waals surface area contributed by atoms with E-state index in [9.17, 15) is 4.79 Å². The molecule has 1 unspecified atom stereocenters. The molecule has 0 aliphatic carbocycles. The van der Waals surface area contributed by atoms with Crippen molar-refractivity contribution >= 4 is 18.3 Å². The third-order valence-electron chi connectivity index (χ3n) is 2.75. The van der Waals surface area contributed by atoms with Crippen molar-refractivity contribution in [2.24, 2.45) is 0 Å². The zero-order valence-electron chi connectivity index (χ0n) is 10.8. The highest BCUT2D eigenvalue weighted by Crippen LogP contribution is 2.16. The molecule has 0 aliphatic rings. The lowest BCUT2D eigenvalue weighted by Crippen LogP contribution is -2.33. The van der Waals surface area contributed by atoms with Crippen LogP contribution < -0.4 is 10.6 Å². The number of halogens is 1. The summed E-state index contributed by atoms with van der Waals surface area (Å²) in [6.45, 7) is 6.52. The molecule has 1 rings (SSSR count). The molecule has 0 heterocycles. The largest absolute Gasteiger partial charge is 0.348 e. The Morgan fingerprint density at radius 1 is 1.29 bits per heavy atom. The molecule has 0 radical (unpaired) electrons. The highest BCUT2D eigenvalue weighted by atomic mass is 35.5. The molecule has 2 N–H and O–H groups in total. The van der Waals surface area contributed by atoms with Gasteiger partial charge in [0.1, 0.15) is 0 Å². The standard InChI is InChI=1S/C13H20N2O.ClH/c1-9-5-6-12(7-10(9)2)11(3)15-13(16)8-14-4;/h5-7,11,14H,8H2,1-4H3,(H,15,16);1H. The first kappa shape index (κ1) is 15.9. The van der Waals surface area contributed by atoms with E-state index in [1.54, 1.807) is 7.05 Å². The molecular formula is C13H21ClN2O. The Balaban J connectivity index is 0.00000256. The summed E-state index contributed by atoms with van der Waals surface area (Å²) in [4.78, 5) is 11.4. The number of hydrogen-bond donors (Lipinski definition) is 2.